The van der Waals surface area contributed by atoms with E-state index in [9.17, 15) is 9.90 Å². The molecule has 1 atom stereocenters. The second-order valence-electron chi connectivity index (χ2n) is 5.95. The van der Waals surface area contributed by atoms with Crippen molar-refractivity contribution in [2.45, 2.75) is 6.42 Å². The van der Waals surface area contributed by atoms with Gasteiger partial charge in [-0.05, 0) is 23.8 Å². The molecule has 1 unspecified atom stereocenters. The van der Waals surface area contributed by atoms with Crippen molar-refractivity contribution < 1.29 is 14.3 Å². The SMILES string of the molecule is O=C1CC(CO)CN1c1ccc(-c2cccc3ccoc23)cc1. The van der Waals surface area contributed by atoms with E-state index in [-0.39, 0.29) is 18.4 Å². The smallest absolute Gasteiger partial charge is 0.227 e. The Bertz CT molecular complexity index is 850. The Morgan fingerprint density at radius 1 is 1.13 bits per heavy atom. The highest BCUT2D eigenvalue weighted by molar-refractivity contribution is 5.97. The molecule has 0 radical (unpaired) electrons. The molecule has 0 saturated carbocycles. The maximum atomic E-state index is 12.0. The molecule has 0 aliphatic carbocycles. The number of carbonyl (C=O) groups excluding carboxylic acids is 1. The fourth-order valence-electron chi connectivity index (χ4n) is 3.19. The van der Waals surface area contributed by atoms with Crippen LogP contribution in [0.5, 0.6) is 0 Å². The van der Waals surface area contributed by atoms with Crippen LogP contribution in [0.1, 0.15) is 6.42 Å². The highest BCUT2D eigenvalue weighted by Gasteiger charge is 2.29. The first-order valence-corrected chi connectivity index (χ1v) is 7.74. The molecule has 0 bridgehead atoms. The van der Waals surface area contributed by atoms with Gasteiger partial charge in [-0.1, -0.05) is 30.3 Å². The zero-order valence-corrected chi connectivity index (χ0v) is 12.6. The molecule has 4 heteroatoms. The number of fused-ring (bicyclic) bond motifs is 1. The largest absolute Gasteiger partial charge is 0.464 e. The van der Waals surface area contributed by atoms with Gasteiger partial charge < -0.3 is 14.4 Å². The average Bonchev–Trinajstić information content (AvgIpc) is 3.21. The number of rotatable bonds is 3. The maximum absolute atomic E-state index is 12.0. The van der Waals surface area contributed by atoms with Crippen LogP contribution in [0.25, 0.3) is 22.1 Å². The number of amides is 1. The van der Waals surface area contributed by atoms with Crippen molar-refractivity contribution in [3.05, 3.63) is 54.8 Å². The third-order valence-electron chi connectivity index (χ3n) is 4.43. The molecule has 4 rings (SSSR count). The summed E-state index contributed by atoms with van der Waals surface area (Å²) in [6.45, 7) is 0.642. The van der Waals surface area contributed by atoms with Crippen LogP contribution >= 0.6 is 0 Å². The predicted octanol–water partition coefficient (Wildman–Crippen LogP) is 3.45. The lowest BCUT2D eigenvalue weighted by Crippen LogP contribution is -2.24. The normalized spacial score (nSPS) is 18.0. The third kappa shape index (κ3) is 2.41. The van der Waals surface area contributed by atoms with Crippen molar-refractivity contribution in [1.29, 1.82) is 0 Å². The highest BCUT2D eigenvalue weighted by atomic mass is 16.3. The van der Waals surface area contributed by atoms with Crippen LogP contribution in [0.15, 0.2) is 59.2 Å². The number of para-hydroxylation sites is 1. The summed E-state index contributed by atoms with van der Waals surface area (Å²) in [5.74, 6) is 0.115. The highest BCUT2D eigenvalue weighted by Crippen LogP contribution is 2.32. The maximum Gasteiger partial charge on any atom is 0.227 e. The molecule has 3 aromatic rings. The summed E-state index contributed by atoms with van der Waals surface area (Å²) in [7, 11) is 0. The Morgan fingerprint density at radius 2 is 1.96 bits per heavy atom. The third-order valence-corrected chi connectivity index (χ3v) is 4.43. The number of hydrogen-bond acceptors (Lipinski definition) is 3. The molecule has 4 nitrogen and oxygen atoms in total. The molecule has 23 heavy (non-hydrogen) atoms. The van der Waals surface area contributed by atoms with Crippen LogP contribution in [0.2, 0.25) is 0 Å². The summed E-state index contributed by atoms with van der Waals surface area (Å²) < 4.78 is 5.59. The lowest BCUT2D eigenvalue weighted by molar-refractivity contribution is -0.117. The van der Waals surface area contributed by atoms with E-state index in [0.717, 1.165) is 27.8 Å². The second-order valence-corrected chi connectivity index (χ2v) is 5.95. The number of aliphatic hydroxyl groups is 1. The minimum Gasteiger partial charge on any atom is -0.464 e. The Balaban J connectivity index is 1.66. The summed E-state index contributed by atoms with van der Waals surface area (Å²) in [4.78, 5) is 13.8. The minimum atomic E-state index is 0.0408. The van der Waals surface area contributed by atoms with Crippen molar-refractivity contribution >= 4 is 22.6 Å². The Labute approximate surface area is 133 Å². The first-order chi connectivity index (χ1) is 11.3. The van der Waals surface area contributed by atoms with Gasteiger partial charge in [0.2, 0.25) is 5.91 Å². The fraction of sp³-hybridized carbons (Fsp3) is 0.211. The Morgan fingerprint density at radius 3 is 2.70 bits per heavy atom. The number of hydrogen-bond donors (Lipinski definition) is 1. The minimum absolute atomic E-state index is 0.0408. The van der Waals surface area contributed by atoms with Gasteiger partial charge in [-0.3, -0.25) is 4.79 Å². The first kappa shape index (κ1) is 14.0. The summed E-state index contributed by atoms with van der Waals surface area (Å²) in [5.41, 5.74) is 3.85. The van der Waals surface area contributed by atoms with Gasteiger partial charge >= 0.3 is 0 Å². The topological polar surface area (TPSA) is 53.7 Å². The zero-order chi connectivity index (χ0) is 15.8. The number of aliphatic hydroxyl groups excluding tert-OH is 1. The molecule has 0 spiro atoms. The lowest BCUT2D eigenvalue weighted by atomic mass is 10.0. The standard InChI is InChI=1S/C19H17NO3/c21-12-13-10-18(22)20(11-13)16-6-4-14(5-7-16)17-3-1-2-15-8-9-23-19(15)17/h1-9,13,21H,10-12H2. The predicted molar refractivity (Wildman–Crippen MR) is 89.2 cm³/mol. The van der Waals surface area contributed by atoms with E-state index in [4.69, 9.17) is 4.42 Å². The van der Waals surface area contributed by atoms with E-state index in [1.165, 1.54) is 0 Å². The van der Waals surface area contributed by atoms with E-state index < -0.39 is 0 Å². The summed E-state index contributed by atoms with van der Waals surface area (Å²) in [6.07, 6.45) is 2.12. The number of furan rings is 1. The van der Waals surface area contributed by atoms with E-state index in [0.29, 0.717) is 13.0 Å². The van der Waals surface area contributed by atoms with Gasteiger partial charge in [-0.2, -0.15) is 0 Å². The summed E-state index contributed by atoms with van der Waals surface area (Å²) in [6, 6.07) is 15.9. The molecule has 2 heterocycles. The van der Waals surface area contributed by atoms with Gasteiger partial charge in [0.15, 0.2) is 0 Å². The lowest BCUT2D eigenvalue weighted by Gasteiger charge is -2.17. The molecule has 1 aliphatic heterocycles. The van der Waals surface area contributed by atoms with Crippen molar-refractivity contribution in [3.8, 4) is 11.1 Å². The molecule has 1 saturated heterocycles. The molecule has 1 amide bonds. The molecular formula is C19H17NO3. The van der Waals surface area contributed by atoms with E-state index in [1.807, 2.05) is 48.5 Å². The van der Waals surface area contributed by atoms with Gasteiger partial charge in [0.1, 0.15) is 5.58 Å². The zero-order valence-electron chi connectivity index (χ0n) is 12.6. The van der Waals surface area contributed by atoms with Crippen LogP contribution < -0.4 is 4.90 Å². The van der Waals surface area contributed by atoms with Gasteiger partial charge in [-0.25, -0.2) is 0 Å². The van der Waals surface area contributed by atoms with Crippen LogP contribution in [-0.2, 0) is 4.79 Å². The number of carbonyl (C=O) groups is 1. The van der Waals surface area contributed by atoms with Gasteiger partial charge in [-0.15, -0.1) is 0 Å². The summed E-state index contributed by atoms with van der Waals surface area (Å²) in [5, 5.41) is 10.3. The second kappa shape index (κ2) is 5.56. The summed E-state index contributed by atoms with van der Waals surface area (Å²) >= 11 is 0. The van der Waals surface area contributed by atoms with E-state index in [1.54, 1.807) is 11.2 Å². The molecule has 1 aliphatic rings. The number of anilines is 1. The van der Waals surface area contributed by atoms with Crippen molar-refractivity contribution in [2.75, 3.05) is 18.1 Å². The van der Waals surface area contributed by atoms with Crippen molar-refractivity contribution in [1.82, 2.24) is 0 Å². The molecule has 1 fully saturated rings. The quantitative estimate of drug-likeness (QED) is 0.806. The van der Waals surface area contributed by atoms with Gasteiger partial charge in [0, 0.05) is 42.1 Å². The molecular weight excluding hydrogens is 290 g/mol. The van der Waals surface area contributed by atoms with Gasteiger partial charge in [0.05, 0.1) is 6.26 Å². The molecule has 2 aromatic carbocycles. The van der Waals surface area contributed by atoms with Crippen LogP contribution in [0, 0.1) is 5.92 Å². The van der Waals surface area contributed by atoms with Crippen LogP contribution in [0.4, 0.5) is 5.69 Å². The fourth-order valence-corrected chi connectivity index (χ4v) is 3.19. The van der Waals surface area contributed by atoms with E-state index in [2.05, 4.69) is 0 Å². The molecule has 116 valence electrons. The van der Waals surface area contributed by atoms with Crippen molar-refractivity contribution in [2.24, 2.45) is 5.92 Å². The van der Waals surface area contributed by atoms with Gasteiger partial charge in [0.25, 0.3) is 0 Å². The Kier molecular flexibility index (Phi) is 3.39. The first-order valence-electron chi connectivity index (χ1n) is 7.74. The number of nitrogens with zero attached hydrogens (tertiary/aromatic N) is 1. The monoisotopic (exact) mass is 307 g/mol. The van der Waals surface area contributed by atoms with Crippen LogP contribution in [0.3, 0.4) is 0 Å². The Hall–Kier alpha value is -2.59. The average molecular weight is 307 g/mol. The van der Waals surface area contributed by atoms with Crippen LogP contribution in [-0.4, -0.2) is 24.2 Å². The van der Waals surface area contributed by atoms with Crippen molar-refractivity contribution in [3.63, 3.8) is 0 Å². The molecule has 1 N–H and O–H groups in total. The molecule has 1 aromatic heterocycles. The van der Waals surface area contributed by atoms with E-state index >= 15 is 0 Å². The number of benzene rings is 2.